The topological polar surface area (TPSA) is 29.1 Å². The number of rotatable bonds is 4. The van der Waals surface area contributed by atoms with Gasteiger partial charge in [0.15, 0.2) is 0 Å². The van der Waals surface area contributed by atoms with Crippen LogP contribution in [0.3, 0.4) is 0 Å². The summed E-state index contributed by atoms with van der Waals surface area (Å²) in [7, 11) is 0. The summed E-state index contributed by atoms with van der Waals surface area (Å²) in [6.45, 7) is 4.87. The molecule has 0 aliphatic heterocycles. The van der Waals surface area contributed by atoms with Gasteiger partial charge in [-0.05, 0) is 23.0 Å². The summed E-state index contributed by atoms with van der Waals surface area (Å²) in [6.07, 6.45) is 1.00. The van der Waals surface area contributed by atoms with Crippen molar-refractivity contribution in [3.05, 3.63) is 35.4 Å². The molecular formula is C14H18ClNO. The van der Waals surface area contributed by atoms with Gasteiger partial charge < -0.3 is 5.32 Å². The van der Waals surface area contributed by atoms with E-state index in [1.807, 2.05) is 24.3 Å². The maximum Gasteiger partial charge on any atom is 0.223 e. The fraction of sp³-hybridized carbons (Fsp3) is 0.500. The Labute approximate surface area is 107 Å². The quantitative estimate of drug-likeness (QED) is 0.819. The zero-order valence-electron chi connectivity index (χ0n) is 10.3. The van der Waals surface area contributed by atoms with Crippen molar-refractivity contribution in [2.45, 2.75) is 32.7 Å². The van der Waals surface area contributed by atoms with Crippen molar-refractivity contribution >= 4 is 17.5 Å². The summed E-state index contributed by atoms with van der Waals surface area (Å²) in [6, 6.07) is 8.01. The Kier molecular flexibility index (Phi) is 3.43. The molecule has 1 atom stereocenters. The molecule has 1 unspecified atom stereocenters. The monoisotopic (exact) mass is 251 g/mol. The standard InChI is InChI=1S/C14H18ClNO/c1-14(2)7-12(14)13(17)16-9-11-5-3-10(8-15)4-6-11/h3-6,12H,7-9H2,1-2H3,(H,16,17). The first-order valence-electron chi connectivity index (χ1n) is 5.94. The lowest BCUT2D eigenvalue weighted by Crippen LogP contribution is -2.25. The van der Waals surface area contributed by atoms with Crippen LogP contribution >= 0.6 is 11.6 Å². The first-order chi connectivity index (χ1) is 8.03. The molecule has 1 N–H and O–H groups in total. The molecule has 1 fully saturated rings. The van der Waals surface area contributed by atoms with Crippen LogP contribution in [-0.4, -0.2) is 5.91 Å². The van der Waals surface area contributed by atoms with Crippen molar-refractivity contribution in [3.63, 3.8) is 0 Å². The van der Waals surface area contributed by atoms with Gasteiger partial charge in [0.05, 0.1) is 0 Å². The van der Waals surface area contributed by atoms with Crippen molar-refractivity contribution in [1.29, 1.82) is 0 Å². The molecule has 1 saturated carbocycles. The van der Waals surface area contributed by atoms with Gasteiger partial charge in [0.2, 0.25) is 5.91 Å². The van der Waals surface area contributed by atoms with Gasteiger partial charge in [-0.15, -0.1) is 11.6 Å². The maximum absolute atomic E-state index is 11.8. The second kappa shape index (κ2) is 4.69. The highest BCUT2D eigenvalue weighted by molar-refractivity contribution is 6.17. The number of carbonyl (C=O) groups is 1. The number of halogens is 1. The minimum atomic E-state index is 0.177. The van der Waals surface area contributed by atoms with Gasteiger partial charge in [0.1, 0.15) is 0 Å². The third kappa shape index (κ3) is 3.01. The van der Waals surface area contributed by atoms with Crippen LogP contribution in [0.5, 0.6) is 0 Å². The van der Waals surface area contributed by atoms with Crippen LogP contribution < -0.4 is 5.32 Å². The molecule has 3 heteroatoms. The summed E-state index contributed by atoms with van der Waals surface area (Å²) < 4.78 is 0. The highest BCUT2D eigenvalue weighted by atomic mass is 35.5. The molecule has 0 radical (unpaired) electrons. The van der Waals surface area contributed by atoms with E-state index in [0.29, 0.717) is 12.4 Å². The van der Waals surface area contributed by atoms with Gasteiger partial charge in [0, 0.05) is 18.3 Å². The van der Waals surface area contributed by atoms with E-state index in [-0.39, 0.29) is 17.2 Å². The van der Waals surface area contributed by atoms with Crippen LogP contribution in [0.15, 0.2) is 24.3 Å². The molecule has 0 spiro atoms. The van der Waals surface area contributed by atoms with E-state index in [1.165, 1.54) is 0 Å². The van der Waals surface area contributed by atoms with Gasteiger partial charge in [-0.25, -0.2) is 0 Å². The molecule has 1 aromatic carbocycles. The van der Waals surface area contributed by atoms with Gasteiger partial charge in [-0.3, -0.25) is 4.79 Å². The number of hydrogen-bond acceptors (Lipinski definition) is 1. The third-order valence-corrected chi connectivity index (χ3v) is 3.78. The minimum Gasteiger partial charge on any atom is -0.352 e. The fourth-order valence-corrected chi connectivity index (χ4v) is 2.15. The molecule has 92 valence electrons. The molecule has 1 aromatic rings. The van der Waals surface area contributed by atoms with E-state index < -0.39 is 0 Å². The van der Waals surface area contributed by atoms with E-state index in [9.17, 15) is 4.79 Å². The largest absolute Gasteiger partial charge is 0.352 e. The normalized spacial score (nSPS) is 21.0. The maximum atomic E-state index is 11.8. The Balaban J connectivity index is 1.83. The lowest BCUT2D eigenvalue weighted by Gasteiger charge is -2.07. The number of alkyl halides is 1. The summed E-state index contributed by atoms with van der Waals surface area (Å²) in [5.41, 5.74) is 2.42. The SMILES string of the molecule is CC1(C)CC1C(=O)NCc1ccc(CCl)cc1. The Bertz CT molecular complexity index is 411. The number of hydrogen-bond donors (Lipinski definition) is 1. The average molecular weight is 252 g/mol. The molecule has 2 rings (SSSR count). The number of benzene rings is 1. The average Bonchev–Trinajstić information content (AvgIpc) is 2.96. The van der Waals surface area contributed by atoms with Gasteiger partial charge >= 0.3 is 0 Å². The molecule has 0 aromatic heterocycles. The molecule has 1 aliphatic rings. The minimum absolute atomic E-state index is 0.177. The molecule has 0 bridgehead atoms. The smallest absolute Gasteiger partial charge is 0.223 e. The molecule has 2 nitrogen and oxygen atoms in total. The van der Waals surface area contributed by atoms with Gasteiger partial charge in [0.25, 0.3) is 0 Å². The molecule has 0 saturated heterocycles. The molecular weight excluding hydrogens is 234 g/mol. The van der Waals surface area contributed by atoms with Crippen molar-refractivity contribution < 1.29 is 4.79 Å². The van der Waals surface area contributed by atoms with Crippen molar-refractivity contribution in [2.24, 2.45) is 11.3 Å². The van der Waals surface area contributed by atoms with Gasteiger partial charge in [-0.1, -0.05) is 38.1 Å². The highest BCUT2D eigenvalue weighted by Crippen LogP contribution is 2.51. The van der Waals surface area contributed by atoms with Gasteiger partial charge in [-0.2, -0.15) is 0 Å². The lowest BCUT2D eigenvalue weighted by molar-refractivity contribution is -0.123. The van der Waals surface area contributed by atoms with Crippen LogP contribution in [0.25, 0.3) is 0 Å². The number of nitrogens with one attached hydrogen (secondary N) is 1. The second-order valence-corrected chi connectivity index (χ2v) is 5.68. The summed E-state index contributed by atoms with van der Waals surface area (Å²) >= 11 is 5.72. The number of carbonyl (C=O) groups excluding carboxylic acids is 1. The van der Waals surface area contributed by atoms with Crippen LogP contribution in [0.1, 0.15) is 31.4 Å². The summed E-state index contributed by atoms with van der Waals surface area (Å²) in [5.74, 6) is 0.907. The predicted molar refractivity (Wildman–Crippen MR) is 69.7 cm³/mol. The van der Waals surface area contributed by atoms with Crippen LogP contribution in [0.2, 0.25) is 0 Å². The molecule has 17 heavy (non-hydrogen) atoms. The van der Waals surface area contributed by atoms with E-state index in [4.69, 9.17) is 11.6 Å². The Morgan fingerprint density at radius 1 is 1.35 bits per heavy atom. The zero-order valence-corrected chi connectivity index (χ0v) is 11.1. The van der Waals surface area contributed by atoms with E-state index >= 15 is 0 Å². The van der Waals surface area contributed by atoms with Crippen molar-refractivity contribution in [2.75, 3.05) is 0 Å². The lowest BCUT2D eigenvalue weighted by atomic mass is 10.1. The van der Waals surface area contributed by atoms with Crippen LogP contribution in [-0.2, 0) is 17.2 Å². The first kappa shape index (κ1) is 12.4. The van der Waals surface area contributed by atoms with Crippen LogP contribution in [0, 0.1) is 11.3 Å². The molecule has 0 heterocycles. The Hall–Kier alpha value is -1.02. The molecule has 1 aliphatic carbocycles. The number of amides is 1. The fourth-order valence-electron chi connectivity index (χ4n) is 1.97. The third-order valence-electron chi connectivity index (χ3n) is 3.47. The zero-order chi connectivity index (χ0) is 12.5. The summed E-state index contributed by atoms with van der Waals surface area (Å²) in [4.78, 5) is 11.8. The molecule has 1 amide bonds. The summed E-state index contributed by atoms with van der Waals surface area (Å²) in [5, 5.41) is 2.98. The second-order valence-electron chi connectivity index (χ2n) is 5.41. The highest BCUT2D eigenvalue weighted by Gasteiger charge is 2.50. The van der Waals surface area contributed by atoms with Crippen LogP contribution in [0.4, 0.5) is 0 Å². The Morgan fingerprint density at radius 2 is 1.88 bits per heavy atom. The Morgan fingerprint density at radius 3 is 2.35 bits per heavy atom. The van der Waals surface area contributed by atoms with E-state index in [2.05, 4.69) is 19.2 Å². The van der Waals surface area contributed by atoms with Crippen molar-refractivity contribution in [3.8, 4) is 0 Å². The van der Waals surface area contributed by atoms with E-state index in [1.54, 1.807) is 0 Å². The van der Waals surface area contributed by atoms with Crippen molar-refractivity contribution in [1.82, 2.24) is 5.32 Å². The van der Waals surface area contributed by atoms with E-state index in [0.717, 1.165) is 17.5 Å². The first-order valence-corrected chi connectivity index (χ1v) is 6.48. The predicted octanol–water partition coefficient (Wildman–Crippen LogP) is 3.09.